The third-order valence-electron chi connectivity index (χ3n) is 3.19. The summed E-state index contributed by atoms with van der Waals surface area (Å²) in [4.78, 5) is 14.0. The number of anilines is 3. The zero-order valence-electron chi connectivity index (χ0n) is 11.5. The van der Waals surface area contributed by atoms with Gasteiger partial charge in [0.1, 0.15) is 5.82 Å². The van der Waals surface area contributed by atoms with Gasteiger partial charge in [-0.2, -0.15) is 0 Å². The Hall–Kier alpha value is -1.93. The second-order valence-corrected chi connectivity index (χ2v) is 6.16. The number of halogens is 2. The summed E-state index contributed by atoms with van der Waals surface area (Å²) in [6.45, 7) is 1.93. The standard InChI is InChI=1S/C13H13ClFN5OS/c14-9-7-8(3-4-10(9)15)16-11(21)17-12-18-19-13(22-12)20-5-1-2-6-20/h3-4,7H,1-2,5-6H2,(H2,16,17,18,21). The summed E-state index contributed by atoms with van der Waals surface area (Å²) in [5.41, 5.74) is 0.396. The molecule has 22 heavy (non-hydrogen) atoms. The first-order valence-corrected chi connectivity index (χ1v) is 7.93. The van der Waals surface area contributed by atoms with Gasteiger partial charge in [0, 0.05) is 18.8 Å². The molecule has 1 fully saturated rings. The molecule has 1 aromatic carbocycles. The van der Waals surface area contributed by atoms with E-state index in [4.69, 9.17) is 11.6 Å². The average molecular weight is 342 g/mol. The predicted molar refractivity (Wildman–Crippen MR) is 85.4 cm³/mol. The van der Waals surface area contributed by atoms with E-state index in [1.54, 1.807) is 0 Å². The summed E-state index contributed by atoms with van der Waals surface area (Å²) in [7, 11) is 0. The molecule has 6 nitrogen and oxygen atoms in total. The Bertz CT molecular complexity index is 689. The summed E-state index contributed by atoms with van der Waals surface area (Å²) in [5.74, 6) is -0.535. The van der Waals surface area contributed by atoms with Crippen molar-refractivity contribution >= 4 is 44.9 Å². The number of nitrogens with zero attached hydrogens (tertiary/aromatic N) is 3. The van der Waals surface area contributed by atoms with E-state index >= 15 is 0 Å². The monoisotopic (exact) mass is 341 g/mol. The van der Waals surface area contributed by atoms with Crippen molar-refractivity contribution in [1.82, 2.24) is 10.2 Å². The second kappa shape index (κ2) is 6.45. The lowest BCUT2D eigenvalue weighted by Crippen LogP contribution is -2.19. The van der Waals surface area contributed by atoms with E-state index in [1.807, 2.05) is 0 Å². The third kappa shape index (κ3) is 3.45. The molecule has 0 aliphatic carbocycles. The van der Waals surface area contributed by atoms with Gasteiger partial charge in [-0.1, -0.05) is 22.9 Å². The fraction of sp³-hybridized carbons (Fsp3) is 0.308. The van der Waals surface area contributed by atoms with Crippen molar-refractivity contribution in [3.63, 3.8) is 0 Å². The van der Waals surface area contributed by atoms with E-state index in [0.29, 0.717) is 10.8 Å². The normalized spacial score (nSPS) is 14.2. The summed E-state index contributed by atoms with van der Waals surface area (Å²) < 4.78 is 13.1. The SMILES string of the molecule is O=C(Nc1ccc(F)c(Cl)c1)Nc1nnc(N2CCCC2)s1. The molecule has 0 unspecified atom stereocenters. The van der Waals surface area contributed by atoms with Gasteiger partial charge in [0.25, 0.3) is 0 Å². The Morgan fingerprint density at radius 2 is 2.05 bits per heavy atom. The quantitative estimate of drug-likeness (QED) is 0.895. The van der Waals surface area contributed by atoms with Crippen molar-refractivity contribution in [2.75, 3.05) is 28.6 Å². The molecule has 2 amide bonds. The fourth-order valence-electron chi connectivity index (χ4n) is 2.14. The van der Waals surface area contributed by atoms with Gasteiger partial charge in [0.15, 0.2) is 0 Å². The Kier molecular flexibility index (Phi) is 4.39. The zero-order chi connectivity index (χ0) is 15.5. The van der Waals surface area contributed by atoms with Crippen molar-refractivity contribution < 1.29 is 9.18 Å². The maximum absolute atomic E-state index is 13.1. The minimum atomic E-state index is -0.535. The first-order valence-electron chi connectivity index (χ1n) is 6.73. The first kappa shape index (κ1) is 15.0. The highest BCUT2D eigenvalue weighted by molar-refractivity contribution is 7.19. The van der Waals surface area contributed by atoms with Crippen LogP contribution in [0.3, 0.4) is 0 Å². The molecule has 1 aliphatic rings. The van der Waals surface area contributed by atoms with Crippen LogP contribution in [-0.2, 0) is 0 Å². The molecule has 0 atom stereocenters. The van der Waals surface area contributed by atoms with Crippen LogP contribution in [0.25, 0.3) is 0 Å². The van der Waals surface area contributed by atoms with Crippen LogP contribution in [0.15, 0.2) is 18.2 Å². The van der Waals surface area contributed by atoms with E-state index in [0.717, 1.165) is 31.1 Å². The molecule has 1 aromatic heterocycles. The Labute approximate surface area is 135 Å². The molecule has 0 spiro atoms. The smallest absolute Gasteiger partial charge is 0.325 e. The first-order chi connectivity index (χ1) is 10.6. The number of rotatable bonds is 3. The average Bonchev–Trinajstić information content (AvgIpc) is 3.13. The third-order valence-corrected chi connectivity index (χ3v) is 4.38. The molecule has 0 radical (unpaired) electrons. The molecule has 2 aromatic rings. The van der Waals surface area contributed by atoms with Crippen LogP contribution in [0.1, 0.15) is 12.8 Å². The van der Waals surface area contributed by atoms with Crippen LogP contribution in [-0.4, -0.2) is 29.3 Å². The maximum Gasteiger partial charge on any atom is 0.325 e. The van der Waals surface area contributed by atoms with Gasteiger partial charge in [0.2, 0.25) is 10.3 Å². The Morgan fingerprint density at radius 3 is 2.77 bits per heavy atom. The lowest BCUT2D eigenvalue weighted by atomic mass is 10.3. The Morgan fingerprint density at radius 1 is 1.27 bits per heavy atom. The highest BCUT2D eigenvalue weighted by atomic mass is 35.5. The molecule has 1 saturated heterocycles. The highest BCUT2D eigenvalue weighted by Gasteiger charge is 2.17. The number of carbonyl (C=O) groups excluding carboxylic acids is 1. The minimum Gasteiger partial charge on any atom is -0.347 e. The van der Waals surface area contributed by atoms with Gasteiger partial charge in [-0.25, -0.2) is 9.18 Å². The molecule has 0 saturated carbocycles. The topological polar surface area (TPSA) is 70.1 Å². The number of benzene rings is 1. The highest BCUT2D eigenvalue weighted by Crippen LogP contribution is 2.27. The molecule has 116 valence electrons. The van der Waals surface area contributed by atoms with Crippen molar-refractivity contribution in [1.29, 1.82) is 0 Å². The van der Waals surface area contributed by atoms with Crippen molar-refractivity contribution in [2.45, 2.75) is 12.8 Å². The van der Waals surface area contributed by atoms with Crippen LogP contribution in [0.2, 0.25) is 5.02 Å². The number of aromatic nitrogens is 2. The van der Waals surface area contributed by atoms with Crippen molar-refractivity contribution in [3.05, 3.63) is 29.0 Å². The molecular weight excluding hydrogens is 329 g/mol. The van der Waals surface area contributed by atoms with Crippen LogP contribution in [0.5, 0.6) is 0 Å². The number of urea groups is 1. The van der Waals surface area contributed by atoms with E-state index in [2.05, 4.69) is 25.7 Å². The summed E-state index contributed by atoms with van der Waals surface area (Å²) in [6, 6.07) is 3.48. The van der Waals surface area contributed by atoms with E-state index < -0.39 is 11.8 Å². The van der Waals surface area contributed by atoms with E-state index in [1.165, 1.54) is 29.5 Å². The minimum absolute atomic E-state index is 0.0509. The van der Waals surface area contributed by atoms with E-state index in [-0.39, 0.29) is 5.02 Å². The number of amides is 2. The maximum atomic E-state index is 13.1. The summed E-state index contributed by atoms with van der Waals surface area (Å²) in [5, 5.41) is 14.3. The van der Waals surface area contributed by atoms with Gasteiger partial charge in [-0.15, -0.1) is 10.2 Å². The summed E-state index contributed by atoms with van der Waals surface area (Å²) >= 11 is 6.98. The molecular formula is C13H13ClFN5OS. The molecule has 3 rings (SSSR count). The largest absolute Gasteiger partial charge is 0.347 e. The Balaban J connectivity index is 1.60. The molecule has 2 N–H and O–H groups in total. The lowest BCUT2D eigenvalue weighted by molar-refractivity contribution is 0.262. The second-order valence-electron chi connectivity index (χ2n) is 4.79. The van der Waals surface area contributed by atoms with Gasteiger partial charge in [-0.3, -0.25) is 5.32 Å². The van der Waals surface area contributed by atoms with Gasteiger partial charge in [0.05, 0.1) is 5.02 Å². The van der Waals surface area contributed by atoms with Crippen molar-refractivity contribution in [2.24, 2.45) is 0 Å². The molecule has 9 heteroatoms. The van der Waals surface area contributed by atoms with Crippen LogP contribution >= 0.6 is 22.9 Å². The van der Waals surface area contributed by atoms with Crippen LogP contribution < -0.4 is 15.5 Å². The molecule has 0 bridgehead atoms. The molecule has 1 aliphatic heterocycles. The zero-order valence-corrected chi connectivity index (χ0v) is 13.0. The van der Waals surface area contributed by atoms with E-state index in [9.17, 15) is 9.18 Å². The van der Waals surface area contributed by atoms with Gasteiger partial charge in [-0.05, 0) is 31.0 Å². The molecule has 2 heterocycles. The predicted octanol–water partition coefficient (Wildman–Crippen LogP) is 3.57. The number of carbonyl (C=O) groups is 1. The van der Waals surface area contributed by atoms with Gasteiger partial charge < -0.3 is 10.2 Å². The fourth-order valence-corrected chi connectivity index (χ4v) is 3.11. The van der Waals surface area contributed by atoms with Crippen LogP contribution in [0.4, 0.5) is 25.1 Å². The lowest BCUT2D eigenvalue weighted by Gasteiger charge is -2.11. The number of hydrogen-bond acceptors (Lipinski definition) is 5. The number of hydrogen-bond donors (Lipinski definition) is 2. The van der Waals surface area contributed by atoms with Gasteiger partial charge >= 0.3 is 6.03 Å². The number of nitrogens with one attached hydrogen (secondary N) is 2. The van der Waals surface area contributed by atoms with Crippen LogP contribution in [0, 0.1) is 5.82 Å². The van der Waals surface area contributed by atoms with Crippen molar-refractivity contribution in [3.8, 4) is 0 Å². The summed E-state index contributed by atoms with van der Waals surface area (Å²) in [6.07, 6.45) is 2.29.